The predicted molar refractivity (Wildman–Crippen MR) is 140 cm³/mol. The van der Waals surface area contributed by atoms with Gasteiger partial charge in [0.2, 0.25) is 5.91 Å². The van der Waals surface area contributed by atoms with Crippen molar-refractivity contribution >= 4 is 51.8 Å². The van der Waals surface area contributed by atoms with Crippen LogP contribution in [0.2, 0.25) is 0 Å². The molecular formula is C27H28FN3O3S. The summed E-state index contributed by atoms with van der Waals surface area (Å²) in [6.45, 7) is 9.40. The highest BCUT2D eigenvalue weighted by Gasteiger charge is 2.37. The number of nitrogens with one attached hydrogen (secondary N) is 1. The minimum Gasteiger partial charge on any atom is -0.365 e. The maximum atomic E-state index is 15.1. The summed E-state index contributed by atoms with van der Waals surface area (Å²) in [5.41, 5.74) is 5.03. The summed E-state index contributed by atoms with van der Waals surface area (Å²) in [6, 6.07) is 8.78. The standard InChI is InChI=1S/C27H28FN3O3S/c1-15-8-7-9-16(2)24(15)29-23(32)14-31-25(33)22(35-26(31)34)11-18-10-19-17(3)13-27(4,5)30(6)21(19)12-20(18)28/h7-13H,14H2,1-6H3,(H,29,32)/b22-11+. The number of imide groups is 1. The monoisotopic (exact) mass is 493 g/mol. The molecule has 1 fully saturated rings. The molecule has 1 saturated heterocycles. The number of rotatable bonds is 4. The molecule has 0 unspecified atom stereocenters. The van der Waals surface area contributed by atoms with Gasteiger partial charge in [0.05, 0.1) is 10.4 Å². The second-order valence-corrected chi connectivity index (χ2v) is 10.5. The van der Waals surface area contributed by atoms with E-state index in [2.05, 4.69) is 25.2 Å². The van der Waals surface area contributed by atoms with Crippen molar-refractivity contribution in [3.05, 3.63) is 69.4 Å². The molecule has 4 rings (SSSR count). The number of thioether (sulfide) groups is 1. The van der Waals surface area contributed by atoms with Gasteiger partial charge in [0.15, 0.2) is 0 Å². The highest BCUT2D eigenvalue weighted by molar-refractivity contribution is 8.18. The van der Waals surface area contributed by atoms with Gasteiger partial charge >= 0.3 is 0 Å². The van der Waals surface area contributed by atoms with Crippen molar-refractivity contribution < 1.29 is 18.8 Å². The molecule has 2 aliphatic rings. The van der Waals surface area contributed by atoms with E-state index in [4.69, 9.17) is 0 Å². The lowest BCUT2D eigenvalue weighted by molar-refractivity contribution is -0.127. The molecule has 2 aliphatic heterocycles. The number of aryl methyl sites for hydroxylation is 2. The summed E-state index contributed by atoms with van der Waals surface area (Å²) in [5.74, 6) is -1.57. The first kappa shape index (κ1) is 24.7. The number of fused-ring (bicyclic) bond motifs is 1. The van der Waals surface area contributed by atoms with Gasteiger partial charge in [-0.3, -0.25) is 19.3 Å². The first-order chi connectivity index (χ1) is 16.4. The molecule has 0 aliphatic carbocycles. The number of hydrogen-bond donors (Lipinski definition) is 1. The van der Waals surface area contributed by atoms with Crippen LogP contribution in [-0.4, -0.2) is 41.1 Å². The Balaban J connectivity index is 1.57. The molecule has 2 aromatic rings. The van der Waals surface area contributed by atoms with Crippen LogP contribution in [0.15, 0.2) is 41.3 Å². The lowest BCUT2D eigenvalue weighted by Crippen LogP contribution is -2.42. The molecule has 2 aromatic carbocycles. The van der Waals surface area contributed by atoms with Crippen molar-refractivity contribution in [2.45, 2.75) is 40.2 Å². The smallest absolute Gasteiger partial charge is 0.294 e. The Morgan fingerprint density at radius 3 is 2.46 bits per heavy atom. The number of para-hydroxylation sites is 1. The average molecular weight is 494 g/mol. The van der Waals surface area contributed by atoms with Crippen LogP contribution in [0.4, 0.5) is 20.6 Å². The first-order valence-corrected chi connectivity index (χ1v) is 12.1. The molecule has 2 heterocycles. The molecule has 8 heteroatoms. The molecule has 182 valence electrons. The van der Waals surface area contributed by atoms with Gasteiger partial charge in [-0.1, -0.05) is 24.3 Å². The number of carbonyl (C=O) groups excluding carboxylic acids is 3. The van der Waals surface area contributed by atoms with Crippen molar-refractivity contribution in [3.8, 4) is 0 Å². The van der Waals surface area contributed by atoms with Gasteiger partial charge < -0.3 is 10.2 Å². The third-order valence-electron chi connectivity index (χ3n) is 6.54. The van der Waals surface area contributed by atoms with E-state index in [1.165, 1.54) is 12.1 Å². The average Bonchev–Trinajstić information content (AvgIpc) is 3.03. The van der Waals surface area contributed by atoms with Crippen molar-refractivity contribution in [2.24, 2.45) is 0 Å². The number of hydrogen-bond acceptors (Lipinski definition) is 5. The van der Waals surface area contributed by atoms with E-state index in [1.807, 2.05) is 50.9 Å². The maximum Gasteiger partial charge on any atom is 0.294 e. The third kappa shape index (κ3) is 4.62. The Kier molecular flexibility index (Phi) is 6.36. The number of halogens is 1. The van der Waals surface area contributed by atoms with Crippen LogP contribution in [0.3, 0.4) is 0 Å². The highest BCUT2D eigenvalue weighted by atomic mass is 32.2. The molecule has 0 atom stereocenters. The molecule has 6 nitrogen and oxygen atoms in total. The Labute approximate surface area is 208 Å². The lowest BCUT2D eigenvalue weighted by atomic mass is 9.88. The number of anilines is 2. The zero-order chi connectivity index (χ0) is 25.7. The molecule has 0 saturated carbocycles. The number of likely N-dealkylation sites (N-methyl/N-ethyl adjacent to an activating group) is 1. The van der Waals surface area contributed by atoms with E-state index in [-0.39, 0.29) is 16.0 Å². The van der Waals surface area contributed by atoms with E-state index in [0.29, 0.717) is 17.4 Å². The van der Waals surface area contributed by atoms with E-state index in [9.17, 15) is 14.4 Å². The Morgan fingerprint density at radius 2 is 1.80 bits per heavy atom. The largest absolute Gasteiger partial charge is 0.365 e. The van der Waals surface area contributed by atoms with Crippen LogP contribution in [0.25, 0.3) is 11.6 Å². The molecule has 35 heavy (non-hydrogen) atoms. The van der Waals surface area contributed by atoms with Gasteiger partial charge in [0.1, 0.15) is 12.4 Å². The second kappa shape index (κ2) is 9.00. The number of nitrogens with zero attached hydrogens (tertiary/aromatic N) is 2. The summed E-state index contributed by atoms with van der Waals surface area (Å²) in [6.07, 6.45) is 3.50. The Hall–Kier alpha value is -3.39. The lowest BCUT2D eigenvalue weighted by Gasteiger charge is -2.40. The summed E-state index contributed by atoms with van der Waals surface area (Å²) in [5, 5.41) is 2.22. The second-order valence-electron chi connectivity index (χ2n) is 9.51. The van der Waals surface area contributed by atoms with E-state index >= 15 is 4.39 Å². The molecule has 3 amide bonds. The fraction of sp³-hybridized carbons (Fsp3) is 0.296. The quantitative estimate of drug-likeness (QED) is 0.550. The number of allylic oxidation sites excluding steroid dienone is 1. The predicted octanol–water partition coefficient (Wildman–Crippen LogP) is 5.75. The molecule has 0 spiro atoms. The SMILES string of the molecule is CC1=CC(C)(C)N(C)c2cc(F)c(/C=C3/SC(=O)N(CC(=O)Nc4c(C)cccc4C)C3=O)cc21. The summed E-state index contributed by atoms with van der Waals surface area (Å²) in [4.78, 5) is 41.0. The topological polar surface area (TPSA) is 69.7 Å². The molecule has 0 aromatic heterocycles. The number of amides is 3. The van der Waals surface area contributed by atoms with Gasteiger partial charge in [-0.05, 0) is 81.3 Å². The highest BCUT2D eigenvalue weighted by Crippen LogP contribution is 2.40. The number of carbonyl (C=O) groups is 3. The van der Waals surface area contributed by atoms with Crippen LogP contribution in [0.5, 0.6) is 0 Å². The van der Waals surface area contributed by atoms with Gasteiger partial charge in [-0.25, -0.2) is 4.39 Å². The first-order valence-electron chi connectivity index (χ1n) is 11.3. The molecule has 0 bridgehead atoms. The van der Waals surface area contributed by atoms with Crippen LogP contribution >= 0.6 is 11.8 Å². The van der Waals surface area contributed by atoms with Crippen LogP contribution in [-0.2, 0) is 9.59 Å². The molecule has 0 radical (unpaired) electrons. The van der Waals surface area contributed by atoms with Crippen molar-refractivity contribution in [1.82, 2.24) is 4.90 Å². The third-order valence-corrected chi connectivity index (χ3v) is 7.45. The zero-order valence-electron chi connectivity index (χ0n) is 20.7. The van der Waals surface area contributed by atoms with Gasteiger partial charge in [0.25, 0.3) is 11.1 Å². The maximum absolute atomic E-state index is 15.1. The molecular weight excluding hydrogens is 465 g/mol. The van der Waals surface area contributed by atoms with Crippen LogP contribution in [0, 0.1) is 19.7 Å². The minimum absolute atomic E-state index is 0.0832. The van der Waals surface area contributed by atoms with Crippen LogP contribution < -0.4 is 10.2 Å². The summed E-state index contributed by atoms with van der Waals surface area (Å²) >= 11 is 0.705. The van der Waals surface area contributed by atoms with Gasteiger partial charge in [0, 0.05) is 29.5 Å². The van der Waals surface area contributed by atoms with E-state index in [1.54, 1.807) is 6.07 Å². The van der Waals surface area contributed by atoms with Gasteiger partial charge in [-0.2, -0.15) is 0 Å². The molecule has 1 N–H and O–H groups in total. The van der Waals surface area contributed by atoms with E-state index < -0.39 is 29.4 Å². The van der Waals surface area contributed by atoms with Crippen molar-refractivity contribution in [3.63, 3.8) is 0 Å². The summed E-state index contributed by atoms with van der Waals surface area (Å²) in [7, 11) is 1.91. The zero-order valence-corrected chi connectivity index (χ0v) is 21.5. The fourth-order valence-corrected chi connectivity index (χ4v) is 5.24. The summed E-state index contributed by atoms with van der Waals surface area (Å²) < 4.78 is 15.1. The normalized spacial score (nSPS) is 18.1. The minimum atomic E-state index is -0.612. The van der Waals surface area contributed by atoms with Crippen LogP contribution in [0.1, 0.15) is 43.0 Å². The van der Waals surface area contributed by atoms with Crippen molar-refractivity contribution in [2.75, 3.05) is 23.8 Å². The Morgan fingerprint density at radius 1 is 1.14 bits per heavy atom. The van der Waals surface area contributed by atoms with Gasteiger partial charge in [-0.15, -0.1) is 0 Å². The number of benzene rings is 2. The fourth-order valence-electron chi connectivity index (χ4n) is 4.41. The van der Waals surface area contributed by atoms with Crippen molar-refractivity contribution in [1.29, 1.82) is 0 Å². The van der Waals surface area contributed by atoms with E-state index in [0.717, 1.165) is 32.9 Å². The Bertz CT molecular complexity index is 1310.